The average molecular weight is 547 g/mol. The molecule has 8 nitrogen and oxygen atoms in total. The van der Waals surface area contributed by atoms with Crippen molar-refractivity contribution in [3.05, 3.63) is 89.1 Å². The van der Waals surface area contributed by atoms with E-state index in [1.807, 2.05) is 6.07 Å². The van der Waals surface area contributed by atoms with E-state index in [1.54, 1.807) is 36.5 Å². The van der Waals surface area contributed by atoms with Gasteiger partial charge in [-0.15, -0.1) is 0 Å². The van der Waals surface area contributed by atoms with Crippen LogP contribution in [0.1, 0.15) is 43.0 Å². The number of likely N-dealkylation sites (tertiary alicyclic amines) is 1. The third-order valence-electron chi connectivity index (χ3n) is 7.54. The lowest BCUT2D eigenvalue weighted by Gasteiger charge is -2.41. The molecule has 0 bridgehead atoms. The molecule has 1 aliphatic heterocycles. The average Bonchev–Trinajstić information content (AvgIpc) is 3.33. The quantitative estimate of drug-likeness (QED) is 0.450. The summed E-state index contributed by atoms with van der Waals surface area (Å²) in [5, 5.41) is 5.60. The fraction of sp³-hybridized carbons (Fsp3) is 0.300. The van der Waals surface area contributed by atoms with E-state index in [1.165, 1.54) is 18.7 Å². The predicted octanol–water partition coefficient (Wildman–Crippen LogP) is 4.22. The molecule has 3 aromatic rings. The number of Topliss-reactive ketones (excluding diaryl/α,β-unsaturated/α-hetero) is 1. The first kappa shape index (κ1) is 27.1. The van der Waals surface area contributed by atoms with E-state index in [-0.39, 0.29) is 29.6 Å². The lowest BCUT2D eigenvalue weighted by atomic mass is 9.77. The molecule has 40 heavy (non-hydrogen) atoms. The number of hydrogen-bond acceptors (Lipinski definition) is 5. The summed E-state index contributed by atoms with van der Waals surface area (Å²) >= 11 is 0. The Balaban J connectivity index is 1.29. The van der Waals surface area contributed by atoms with E-state index in [9.17, 15) is 28.0 Å². The van der Waals surface area contributed by atoms with Crippen LogP contribution in [0.2, 0.25) is 0 Å². The van der Waals surface area contributed by atoms with Gasteiger partial charge in [-0.3, -0.25) is 19.2 Å². The monoisotopic (exact) mass is 546 g/mol. The maximum absolute atomic E-state index is 14.0. The molecule has 0 spiro atoms. The predicted molar refractivity (Wildman–Crippen MR) is 143 cm³/mol. The van der Waals surface area contributed by atoms with E-state index in [2.05, 4.69) is 15.6 Å². The Bertz CT molecular complexity index is 1490. The van der Waals surface area contributed by atoms with Gasteiger partial charge in [0.25, 0.3) is 0 Å². The third kappa shape index (κ3) is 5.47. The molecule has 0 saturated carbocycles. The summed E-state index contributed by atoms with van der Waals surface area (Å²) in [6, 6.07) is 12.5. The molecule has 5 rings (SSSR count). The van der Waals surface area contributed by atoms with Crippen LogP contribution in [0.5, 0.6) is 0 Å². The smallest absolute Gasteiger partial charge is 0.244 e. The van der Waals surface area contributed by atoms with Crippen LogP contribution in [-0.4, -0.2) is 39.9 Å². The zero-order chi connectivity index (χ0) is 28.6. The molecule has 206 valence electrons. The van der Waals surface area contributed by atoms with E-state index < -0.39 is 41.5 Å². The highest BCUT2D eigenvalue weighted by atomic mass is 19.1. The van der Waals surface area contributed by atoms with Crippen molar-refractivity contribution in [1.82, 2.24) is 9.88 Å². The van der Waals surface area contributed by atoms with Crippen molar-refractivity contribution in [3.8, 4) is 0 Å². The van der Waals surface area contributed by atoms with Crippen LogP contribution >= 0.6 is 0 Å². The maximum Gasteiger partial charge on any atom is 0.244 e. The highest BCUT2D eigenvalue weighted by Crippen LogP contribution is 2.38. The molecule has 1 fully saturated rings. The van der Waals surface area contributed by atoms with Crippen LogP contribution in [0.3, 0.4) is 0 Å². The van der Waals surface area contributed by atoms with Crippen LogP contribution < -0.4 is 10.6 Å². The highest BCUT2D eigenvalue weighted by molar-refractivity contribution is 6.09. The molecule has 3 amide bonds. The number of amides is 3. The van der Waals surface area contributed by atoms with Crippen molar-refractivity contribution in [2.45, 2.75) is 39.2 Å². The molecule has 2 N–H and O–H groups in total. The number of nitrogens with one attached hydrogen (secondary N) is 2. The highest BCUT2D eigenvalue weighted by Gasteiger charge is 2.48. The minimum Gasteiger partial charge on any atom is -0.325 e. The number of carbonyl (C=O) groups excluding carboxylic acids is 4. The van der Waals surface area contributed by atoms with Gasteiger partial charge in [-0.05, 0) is 79.8 Å². The summed E-state index contributed by atoms with van der Waals surface area (Å²) in [4.78, 5) is 57.2. The number of fused-ring (bicyclic) bond motifs is 1. The molecule has 1 aromatic heterocycles. The molecule has 2 atom stereocenters. The van der Waals surface area contributed by atoms with Crippen LogP contribution in [0.4, 0.5) is 20.3 Å². The number of benzene rings is 2. The number of pyridine rings is 1. The number of piperidine rings is 1. The number of carbonyl (C=O) groups is 4. The second-order valence-corrected chi connectivity index (χ2v) is 10.7. The summed E-state index contributed by atoms with van der Waals surface area (Å²) in [5.74, 6) is -3.10. The lowest BCUT2D eigenvalue weighted by Crippen LogP contribution is -2.54. The number of ketones is 1. The van der Waals surface area contributed by atoms with E-state index in [0.717, 1.165) is 23.3 Å². The molecule has 10 heteroatoms. The van der Waals surface area contributed by atoms with Crippen molar-refractivity contribution in [2.24, 2.45) is 11.3 Å². The first-order valence-corrected chi connectivity index (χ1v) is 12.9. The van der Waals surface area contributed by atoms with Crippen molar-refractivity contribution < 1.29 is 28.0 Å². The number of aromatic nitrogens is 1. The van der Waals surface area contributed by atoms with Crippen molar-refractivity contribution in [2.75, 3.05) is 17.2 Å². The van der Waals surface area contributed by atoms with Gasteiger partial charge >= 0.3 is 0 Å². The van der Waals surface area contributed by atoms with Crippen LogP contribution in [-0.2, 0) is 32.0 Å². The van der Waals surface area contributed by atoms with E-state index in [4.69, 9.17) is 0 Å². The standard InChI is InChI=1S/C30H28F2N4O4/c1-30(2)25(37)15-24(19-11-21(31)14-22(32)12-19)36(29(30)40)16-27(38)34-23-7-6-17-9-20(10-18(17)13-23)28(39)35-26-5-3-4-8-33-26/h3-8,11-14,20,24H,9-10,15-16H2,1-2H3,(H,34,38)(H,33,35,39). The van der Waals surface area contributed by atoms with Crippen LogP contribution in [0.15, 0.2) is 60.8 Å². The molecule has 2 unspecified atom stereocenters. The molecule has 2 aliphatic rings. The molecule has 1 saturated heterocycles. The summed E-state index contributed by atoms with van der Waals surface area (Å²) in [6.45, 7) is 2.54. The first-order chi connectivity index (χ1) is 19.0. The second kappa shape index (κ2) is 10.6. The lowest BCUT2D eigenvalue weighted by molar-refractivity contribution is -0.157. The van der Waals surface area contributed by atoms with E-state index >= 15 is 0 Å². The normalized spacial score (nSPS) is 19.8. The van der Waals surface area contributed by atoms with Gasteiger partial charge in [-0.2, -0.15) is 0 Å². The number of rotatable bonds is 6. The Morgan fingerprint density at radius 2 is 1.68 bits per heavy atom. The minimum absolute atomic E-state index is 0.107. The minimum atomic E-state index is -1.37. The van der Waals surface area contributed by atoms with E-state index in [0.29, 0.717) is 30.4 Å². The number of nitrogens with zero attached hydrogens (tertiary/aromatic N) is 2. The first-order valence-electron chi connectivity index (χ1n) is 12.9. The Morgan fingerprint density at radius 1 is 0.950 bits per heavy atom. The van der Waals surface area contributed by atoms with Crippen LogP contribution in [0.25, 0.3) is 0 Å². The second-order valence-electron chi connectivity index (χ2n) is 10.7. The van der Waals surface area contributed by atoms with Gasteiger partial charge in [0.1, 0.15) is 35.2 Å². The molecule has 2 heterocycles. The molecule has 1 aliphatic carbocycles. The Kier molecular flexibility index (Phi) is 7.18. The molecule has 2 aromatic carbocycles. The molecular weight excluding hydrogens is 518 g/mol. The van der Waals surface area contributed by atoms with Crippen molar-refractivity contribution in [1.29, 1.82) is 0 Å². The fourth-order valence-corrected chi connectivity index (χ4v) is 5.31. The summed E-state index contributed by atoms with van der Waals surface area (Å²) in [5.41, 5.74) is 1.14. The Labute approximate surface area is 229 Å². The fourth-order valence-electron chi connectivity index (χ4n) is 5.31. The van der Waals surface area contributed by atoms with Gasteiger partial charge in [-0.1, -0.05) is 12.1 Å². The summed E-state index contributed by atoms with van der Waals surface area (Å²) in [7, 11) is 0. The maximum atomic E-state index is 14.0. The Morgan fingerprint density at radius 3 is 2.38 bits per heavy atom. The zero-order valence-corrected chi connectivity index (χ0v) is 22.0. The largest absolute Gasteiger partial charge is 0.325 e. The van der Waals surface area contributed by atoms with Gasteiger partial charge in [0, 0.05) is 30.3 Å². The van der Waals surface area contributed by atoms with Gasteiger partial charge in [0.05, 0.1) is 6.04 Å². The topological polar surface area (TPSA) is 108 Å². The molecule has 0 radical (unpaired) electrons. The van der Waals surface area contributed by atoms with Gasteiger partial charge in [0.15, 0.2) is 0 Å². The summed E-state index contributed by atoms with van der Waals surface area (Å²) < 4.78 is 27.9. The SMILES string of the molecule is CC1(C)C(=O)CC(c2cc(F)cc(F)c2)N(CC(=O)Nc2ccc3c(c2)CC(C(=O)Nc2ccccn2)C3)C1=O. The van der Waals surface area contributed by atoms with Gasteiger partial charge < -0.3 is 15.5 Å². The summed E-state index contributed by atoms with van der Waals surface area (Å²) in [6.07, 6.45) is 2.48. The number of halogens is 2. The molecular formula is C30H28F2N4O4. The van der Waals surface area contributed by atoms with Gasteiger partial charge in [-0.25, -0.2) is 13.8 Å². The number of anilines is 2. The van der Waals surface area contributed by atoms with Crippen molar-refractivity contribution >= 4 is 35.0 Å². The number of hydrogen-bond donors (Lipinski definition) is 2. The third-order valence-corrected chi connectivity index (χ3v) is 7.54. The zero-order valence-electron chi connectivity index (χ0n) is 22.0. The Hall–Kier alpha value is -4.47. The van der Waals surface area contributed by atoms with Crippen molar-refractivity contribution in [3.63, 3.8) is 0 Å². The van der Waals surface area contributed by atoms with Crippen LogP contribution in [0, 0.1) is 23.0 Å². The van der Waals surface area contributed by atoms with Gasteiger partial charge in [0.2, 0.25) is 17.7 Å².